The summed E-state index contributed by atoms with van der Waals surface area (Å²) in [6.07, 6.45) is 1.46. The minimum atomic E-state index is -0.0191. The zero-order valence-electron chi connectivity index (χ0n) is 9.09. The van der Waals surface area contributed by atoms with Crippen LogP contribution in [0.25, 0.3) is 0 Å². The van der Waals surface area contributed by atoms with Crippen molar-refractivity contribution in [2.45, 2.75) is 40.5 Å². The Hall–Kier alpha value is -0.570. The van der Waals surface area contributed by atoms with Crippen LogP contribution in [0, 0.1) is 11.8 Å². The average Bonchev–Trinajstić information content (AvgIpc) is 2.00. The number of amides is 1. The number of rotatable bonds is 6. The molecule has 0 saturated heterocycles. The van der Waals surface area contributed by atoms with Crippen molar-refractivity contribution >= 4 is 5.91 Å². The molecule has 0 heterocycles. The Bertz CT molecular complexity index is 144. The molecule has 0 aliphatic heterocycles. The highest BCUT2D eigenvalue weighted by Crippen LogP contribution is 2.02. The molecule has 0 saturated carbocycles. The highest BCUT2D eigenvalue weighted by Gasteiger charge is 2.03. The first-order valence-electron chi connectivity index (χ1n) is 4.93. The molecule has 0 atom stereocenters. The third-order valence-corrected chi connectivity index (χ3v) is 1.55. The topological polar surface area (TPSA) is 38.3 Å². The molecule has 0 spiro atoms. The van der Waals surface area contributed by atoms with E-state index in [1.807, 2.05) is 13.8 Å². The maximum absolute atomic E-state index is 11.1. The zero-order valence-corrected chi connectivity index (χ0v) is 9.09. The van der Waals surface area contributed by atoms with Crippen LogP contribution in [0.4, 0.5) is 0 Å². The predicted molar refractivity (Wildman–Crippen MR) is 53.0 cm³/mol. The molecule has 0 aliphatic carbocycles. The fraction of sp³-hybridized carbons (Fsp3) is 0.900. The van der Waals surface area contributed by atoms with E-state index in [2.05, 4.69) is 19.3 Å². The Labute approximate surface area is 80.8 Å². The maximum atomic E-state index is 11.1. The minimum absolute atomic E-state index is 0.0191. The number of carbonyl (C=O) groups excluding carboxylic acids is 1. The molecule has 0 aliphatic rings. The van der Waals surface area contributed by atoms with Crippen molar-refractivity contribution in [2.75, 3.05) is 6.61 Å². The van der Waals surface area contributed by atoms with E-state index in [4.69, 9.17) is 4.84 Å². The van der Waals surface area contributed by atoms with Gasteiger partial charge in [0.15, 0.2) is 0 Å². The fourth-order valence-electron chi connectivity index (χ4n) is 0.760. The largest absolute Gasteiger partial charge is 0.273 e. The normalized spacial score (nSPS) is 10.9. The highest BCUT2D eigenvalue weighted by atomic mass is 16.6. The van der Waals surface area contributed by atoms with Crippen LogP contribution in [0.1, 0.15) is 40.5 Å². The summed E-state index contributed by atoms with van der Waals surface area (Å²) in [4.78, 5) is 16.1. The first-order chi connectivity index (χ1) is 6.02. The Kier molecular flexibility index (Phi) is 6.59. The molecule has 13 heavy (non-hydrogen) atoms. The van der Waals surface area contributed by atoms with E-state index >= 15 is 0 Å². The van der Waals surface area contributed by atoms with Crippen LogP contribution in [0.15, 0.2) is 0 Å². The maximum Gasteiger partial charge on any atom is 0.243 e. The second-order valence-corrected chi connectivity index (χ2v) is 4.16. The van der Waals surface area contributed by atoms with E-state index in [1.165, 1.54) is 0 Å². The third-order valence-electron chi connectivity index (χ3n) is 1.55. The summed E-state index contributed by atoms with van der Waals surface area (Å²) < 4.78 is 0. The quantitative estimate of drug-likeness (QED) is 0.647. The van der Waals surface area contributed by atoms with Gasteiger partial charge in [0.05, 0.1) is 6.61 Å². The van der Waals surface area contributed by atoms with Gasteiger partial charge in [0.25, 0.3) is 0 Å². The Morgan fingerprint density at radius 2 is 1.85 bits per heavy atom. The summed E-state index contributed by atoms with van der Waals surface area (Å²) in [6, 6.07) is 0. The number of carbonyl (C=O) groups is 1. The number of hydrogen-bond acceptors (Lipinski definition) is 2. The van der Waals surface area contributed by atoms with Crippen LogP contribution in [0.3, 0.4) is 0 Å². The van der Waals surface area contributed by atoms with Gasteiger partial charge in [0.1, 0.15) is 0 Å². The van der Waals surface area contributed by atoms with E-state index < -0.39 is 0 Å². The van der Waals surface area contributed by atoms with Gasteiger partial charge in [0, 0.05) is 6.42 Å². The van der Waals surface area contributed by atoms with Crippen LogP contribution in [0.2, 0.25) is 0 Å². The lowest BCUT2D eigenvalue weighted by Gasteiger charge is -2.08. The summed E-state index contributed by atoms with van der Waals surface area (Å²) in [5.41, 5.74) is 2.43. The summed E-state index contributed by atoms with van der Waals surface area (Å²) >= 11 is 0. The molecule has 1 amide bonds. The van der Waals surface area contributed by atoms with Gasteiger partial charge in [-0.3, -0.25) is 9.63 Å². The Morgan fingerprint density at radius 1 is 1.23 bits per heavy atom. The molecule has 3 nitrogen and oxygen atoms in total. The van der Waals surface area contributed by atoms with Gasteiger partial charge in [-0.05, 0) is 18.3 Å². The zero-order chi connectivity index (χ0) is 10.3. The van der Waals surface area contributed by atoms with Crippen LogP contribution in [-0.4, -0.2) is 12.5 Å². The molecular formula is C10H21NO2. The van der Waals surface area contributed by atoms with Gasteiger partial charge in [-0.2, -0.15) is 0 Å². The van der Waals surface area contributed by atoms with Gasteiger partial charge in [0.2, 0.25) is 5.91 Å². The average molecular weight is 187 g/mol. The third kappa shape index (κ3) is 9.34. The number of hydroxylamine groups is 1. The first-order valence-corrected chi connectivity index (χ1v) is 4.93. The van der Waals surface area contributed by atoms with Gasteiger partial charge in [-0.15, -0.1) is 0 Å². The van der Waals surface area contributed by atoms with Gasteiger partial charge in [-0.25, -0.2) is 5.48 Å². The molecule has 0 aromatic heterocycles. The highest BCUT2D eigenvalue weighted by molar-refractivity contribution is 5.74. The summed E-state index contributed by atoms with van der Waals surface area (Å²) in [6.45, 7) is 8.86. The molecule has 0 fully saturated rings. The molecule has 0 unspecified atom stereocenters. The molecule has 3 heteroatoms. The standard InChI is InChI=1S/C10H21NO2/c1-8(2)5-6-10(12)11-13-7-9(3)4/h8-9H,5-7H2,1-4H3,(H,11,12). The van der Waals surface area contributed by atoms with Gasteiger partial charge in [-0.1, -0.05) is 27.7 Å². The summed E-state index contributed by atoms with van der Waals surface area (Å²) in [5.74, 6) is 0.996. The molecule has 0 radical (unpaired) electrons. The smallest absolute Gasteiger partial charge is 0.243 e. The van der Waals surface area contributed by atoms with Crippen LogP contribution in [-0.2, 0) is 9.63 Å². The lowest BCUT2D eigenvalue weighted by molar-refractivity contribution is -0.134. The summed E-state index contributed by atoms with van der Waals surface area (Å²) in [7, 11) is 0. The van der Waals surface area contributed by atoms with Crippen LogP contribution >= 0.6 is 0 Å². The van der Waals surface area contributed by atoms with Crippen molar-refractivity contribution in [3.05, 3.63) is 0 Å². The molecule has 0 rings (SSSR count). The Balaban J connectivity index is 3.30. The second-order valence-electron chi connectivity index (χ2n) is 4.16. The van der Waals surface area contributed by atoms with Gasteiger partial charge < -0.3 is 0 Å². The van der Waals surface area contributed by atoms with Crippen LogP contribution in [0.5, 0.6) is 0 Å². The second kappa shape index (κ2) is 6.89. The monoisotopic (exact) mass is 187 g/mol. The van der Waals surface area contributed by atoms with Crippen molar-refractivity contribution < 1.29 is 9.63 Å². The lowest BCUT2D eigenvalue weighted by Crippen LogP contribution is -2.25. The number of nitrogens with one attached hydrogen (secondary N) is 1. The van der Waals surface area contributed by atoms with E-state index in [1.54, 1.807) is 0 Å². The molecule has 0 aromatic carbocycles. The molecule has 1 N–H and O–H groups in total. The van der Waals surface area contributed by atoms with Crippen molar-refractivity contribution in [2.24, 2.45) is 11.8 Å². The van der Waals surface area contributed by atoms with E-state index in [9.17, 15) is 4.79 Å². The van der Waals surface area contributed by atoms with Gasteiger partial charge >= 0.3 is 0 Å². The first kappa shape index (κ1) is 12.4. The van der Waals surface area contributed by atoms with E-state index in [-0.39, 0.29) is 5.91 Å². The SMILES string of the molecule is CC(C)CCC(=O)NOCC(C)C. The van der Waals surface area contributed by atoms with Crippen molar-refractivity contribution in [1.82, 2.24) is 5.48 Å². The van der Waals surface area contributed by atoms with Crippen molar-refractivity contribution in [3.63, 3.8) is 0 Å². The number of hydrogen-bond donors (Lipinski definition) is 1. The minimum Gasteiger partial charge on any atom is -0.273 e. The molecule has 78 valence electrons. The molecule has 0 aromatic rings. The Morgan fingerprint density at radius 3 is 2.31 bits per heavy atom. The molecular weight excluding hydrogens is 166 g/mol. The predicted octanol–water partition coefficient (Wildman–Crippen LogP) is 2.13. The van der Waals surface area contributed by atoms with Crippen molar-refractivity contribution in [1.29, 1.82) is 0 Å². The van der Waals surface area contributed by atoms with E-state index in [0.29, 0.717) is 24.9 Å². The van der Waals surface area contributed by atoms with E-state index in [0.717, 1.165) is 6.42 Å². The van der Waals surface area contributed by atoms with Crippen molar-refractivity contribution in [3.8, 4) is 0 Å². The summed E-state index contributed by atoms with van der Waals surface area (Å²) in [5, 5.41) is 0. The fourth-order valence-corrected chi connectivity index (χ4v) is 0.760. The lowest BCUT2D eigenvalue weighted by atomic mass is 10.1. The van der Waals surface area contributed by atoms with Crippen LogP contribution < -0.4 is 5.48 Å². The molecule has 0 bridgehead atoms.